The number of carbonyl (C=O) groups excluding carboxylic acids is 2. The van der Waals surface area contributed by atoms with E-state index >= 15 is 0 Å². The van der Waals surface area contributed by atoms with Gasteiger partial charge in [0.15, 0.2) is 5.78 Å². The first kappa shape index (κ1) is 25.0. The lowest BCUT2D eigenvalue weighted by Gasteiger charge is -2.19. The second kappa shape index (κ2) is 9.14. The van der Waals surface area contributed by atoms with E-state index in [0.29, 0.717) is 52.1 Å². The van der Waals surface area contributed by atoms with Crippen LogP contribution in [0.5, 0.6) is 5.75 Å². The van der Waals surface area contributed by atoms with Gasteiger partial charge in [0.2, 0.25) is 5.76 Å². The number of ether oxygens (including phenoxy) is 1. The standard InChI is InChI=1S/C27H29N3O6/c1-6-35-21-10-15-12-30(24(28)16(15)11-18(21)25(32)29-5)13-19(31)14-7-8-20-17(9-14)22(27(2,3)4)23(36-20)26(33)34/h7-11,28H,6,12-13H2,1-5H3,(H,29,32)(H,33,34). The van der Waals surface area contributed by atoms with E-state index in [9.17, 15) is 19.5 Å². The number of aromatic carboxylic acids is 1. The zero-order valence-corrected chi connectivity index (χ0v) is 20.9. The summed E-state index contributed by atoms with van der Waals surface area (Å²) in [6.07, 6.45) is 0. The number of amides is 1. The number of fused-ring (bicyclic) bond motifs is 2. The summed E-state index contributed by atoms with van der Waals surface area (Å²) in [6.45, 7) is 8.18. The van der Waals surface area contributed by atoms with E-state index < -0.39 is 11.4 Å². The number of ketones is 1. The number of amidine groups is 1. The number of nitrogens with one attached hydrogen (secondary N) is 2. The predicted octanol–water partition coefficient (Wildman–Crippen LogP) is 4.21. The van der Waals surface area contributed by atoms with Crippen LogP contribution in [-0.2, 0) is 12.0 Å². The topological polar surface area (TPSA) is 133 Å². The van der Waals surface area contributed by atoms with E-state index in [1.54, 1.807) is 35.2 Å². The summed E-state index contributed by atoms with van der Waals surface area (Å²) in [5.41, 5.74) is 2.54. The van der Waals surface area contributed by atoms with Crippen molar-refractivity contribution in [2.45, 2.75) is 39.7 Å². The van der Waals surface area contributed by atoms with Crippen molar-refractivity contribution in [2.24, 2.45) is 0 Å². The maximum atomic E-state index is 13.3. The Morgan fingerprint density at radius 1 is 1.19 bits per heavy atom. The number of benzene rings is 2. The number of Topliss-reactive ketones (excluding diaryl/α,β-unsaturated/α-hetero) is 1. The lowest BCUT2D eigenvalue weighted by atomic mass is 9.84. The van der Waals surface area contributed by atoms with Gasteiger partial charge >= 0.3 is 5.97 Å². The first-order chi connectivity index (χ1) is 17.0. The molecule has 188 valence electrons. The van der Waals surface area contributed by atoms with E-state index in [-0.39, 0.29) is 29.8 Å². The predicted molar refractivity (Wildman–Crippen MR) is 134 cm³/mol. The molecule has 0 fully saturated rings. The molecule has 0 aliphatic carbocycles. The van der Waals surface area contributed by atoms with Crippen molar-refractivity contribution in [3.8, 4) is 5.75 Å². The van der Waals surface area contributed by atoms with Crippen LogP contribution in [-0.4, -0.2) is 53.7 Å². The largest absolute Gasteiger partial charge is 0.493 e. The number of hydrogen-bond acceptors (Lipinski definition) is 6. The van der Waals surface area contributed by atoms with Gasteiger partial charge in [-0.2, -0.15) is 0 Å². The third-order valence-electron chi connectivity index (χ3n) is 6.20. The normalized spacial score (nSPS) is 13.1. The van der Waals surface area contributed by atoms with Gasteiger partial charge in [0.1, 0.15) is 17.2 Å². The summed E-state index contributed by atoms with van der Waals surface area (Å²) in [6, 6.07) is 8.27. The van der Waals surface area contributed by atoms with Crippen molar-refractivity contribution >= 4 is 34.5 Å². The molecule has 1 aliphatic rings. The SMILES string of the molecule is CCOc1cc2c(cc1C(=O)NC)C(=N)N(CC(=O)c1ccc3oc(C(=O)O)c(C(C)(C)C)c3c1)C2. The smallest absolute Gasteiger partial charge is 0.372 e. The first-order valence-electron chi connectivity index (χ1n) is 11.7. The average Bonchev–Trinajstić information content (AvgIpc) is 3.35. The van der Waals surface area contributed by atoms with Crippen LogP contribution in [0, 0.1) is 5.41 Å². The number of furan rings is 1. The molecule has 9 heteroatoms. The van der Waals surface area contributed by atoms with E-state index in [2.05, 4.69) is 5.32 Å². The van der Waals surface area contributed by atoms with Crippen LogP contribution in [0.25, 0.3) is 11.0 Å². The molecule has 1 amide bonds. The molecular weight excluding hydrogens is 462 g/mol. The first-order valence-corrected chi connectivity index (χ1v) is 11.7. The minimum Gasteiger partial charge on any atom is -0.493 e. The second-order valence-corrected chi connectivity index (χ2v) is 9.72. The molecule has 0 bridgehead atoms. The summed E-state index contributed by atoms with van der Waals surface area (Å²) in [5, 5.41) is 21.4. The fraction of sp³-hybridized carbons (Fsp3) is 0.333. The van der Waals surface area contributed by atoms with Crippen molar-refractivity contribution < 1.29 is 28.6 Å². The Bertz CT molecular complexity index is 1410. The molecule has 1 aliphatic heterocycles. The van der Waals surface area contributed by atoms with Crippen molar-refractivity contribution in [3.05, 3.63) is 63.9 Å². The summed E-state index contributed by atoms with van der Waals surface area (Å²) < 4.78 is 11.2. The highest BCUT2D eigenvalue weighted by Gasteiger charge is 2.31. The van der Waals surface area contributed by atoms with E-state index in [0.717, 1.165) is 5.56 Å². The highest BCUT2D eigenvalue weighted by atomic mass is 16.5. The Morgan fingerprint density at radius 3 is 2.53 bits per heavy atom. The van der Waals surface area contributed by atoms with E-state index in [1.807, 2.05) is 27.7 Å². The van der Waals surface area contributed by atoms with Crippen LogP contribution >= 0.6 is 0 Å². The summed E-state index contributed by atoms with van der Waals surface area (Å²) >= 11 is 0. The van der Waals surface area contributed by atoms with Crippen LogP contribution in [0.3, 0.4) is 0 Å². The molecule has 0 unspecified atom stereocenters. The molecule has 9 nitrogen and oxygen atoms in total. The van der Waals surface area contributed by atoms with Gasteiger partial charge in [-0.15, -0.1) is 0 Å². The zero-order valence-electron chi connectivity index (χ0n) is 20.9. The van der Waals surface area contributed by atoms with E-state index in [1.165, 1.54) is 7.05 Å². The van der Waals surface area contributed by atoms with Crippen LogP contribution in [0.1, 0.15) is 75.7 Å². The van der Waals surface area contributed by atoms with Gasteiger partial charge < -0.3 is 24.5 Å². The van der Waals surface area contributed by atoms with E-state index in [4.69, 9.17) is 14.6 Å². The van der Waals surface area contributed by atoms with Gasteiger partial charge in [0.25, 0.3) is 5.91 Å². The lowest BCUT2D eigenvalue weighted by molar-refractivity contribution is 0.0661. The molecule has 2 heterocycles. The quantitative estimate of drug-likeness (QED) is 0.422. The number of carbonyl (C=O) groups is 3. The maximum absolute atomic E-state index is 13.3. The summed E-state index contributed by atoms with van der Waals surface area (Å²) in [7, 11) is 1.53. The number of rotatable bonds is 7. The Kier molecular flexibility index (Phi) is 6.34. The Labute approximate surface area is 208 Å². The molecule has 3 N–H and O–H groups in total. The van der Waals surface area contributed by atoms with Gasteiger partial charge in [-0.1, -0.05) is 20.8 Å². The molecule has 2 aromatic carbocycles. The van der Waals surface area contributed by atoms with Crippen molar-refractivity contribution in [2.75, 3.05) is 20.2 Å². The van der Waals surface area contributed by atoms with Crippen LogP contribution < -0.4 is 10.1 Å². The highest BCUT2D eigenvalue weighted by molar-refractivity contribution is 6.08. The van der Waals surface area contributed by atoms with Crippen molar-refractivity contribution in [1.82, 2.24) is 10.2 Å². The van der Waals surface area contributed by atoms with Gasteiger partial charge in [0, 0.05) is 35.7 Å². The second-order valence-electron chi connectivity index (χ2n) is 9.72. The molecule has 0 radical (unpaired) electrons. The molecular formula is C27H29N3O6. The van der Waals surface area contributed by atoms with Gasteiger partial charge in [-0.3, -0.25) is 15.0 Å². The molecule has 0 atom stereocenters. The number of carboxylic acid groups (broad SMARTS) is 1. The number of hydrogen-bond donors (Lipinski definition) is 3. The van der Waals surface area contributed by atoms with Gasteiger partial charge in [-0.05, 0) is 48.2 Å². The molecule has 3 aromatic rings. The maximum Gasteiger partial charge on any atom is 0.372 e. The summed E-state index contributed by atoms with van der Waals surface area (Å²) in [4.78, 5) is 39.0. The zero-order chi connectivity index (χ0) is 26.4. The molecule has 4 rings (SSSR count). The highest BCUT2D eigenvalue weighted by Crippen LogP contribution is 2.36. The molecule has 1 aromatic heterocycles. The van der Waals surface area contributed by atoms with Crippen molar-refractivity contribution in [3.63, 3.8) is 0 Å². The molecule has 0 spiro atoms. The monoisotopic (exact) mass is 491 g/mol. The minimum absolute atomic E-state index is 0.0488. The van der Waals surface area contributed by atoms with Crippen LogP contribution in [0.4, 0.5) is 0 Å². The van der Waals surface area contributed by atoms with Crippen LogP contribution in [0.2, 0.25) is 0 Å². The minimum atomic E-state index is -1.16. The summed E-state index contributed by atoms with van der Waals surface area (Å²) in [5.74, 6) is -1.23. The number of nitrogens with zero attached hydrogens (tertiary/aromatic N) is 1. The number of carboxylic acids is 1. The molecule has 0 saturated carbocycles. The van der Waals surface area contributed by atoms with Crippen LogP contribution in [0.15, 0.2) is 34.7 Å². The third kappa shape index (κ3) is 4.32. The molecule has 0 saturated heterocycles. The fourth-order valence-corrected chi connectivity index (χ4v) is 4.58. The lowest BCUT2D eigenvalue weighted by Crippen LogP contribution is -2.30. The average molecular weight is 492 g/mol. The molecule has 36 heavy (non-hydrogen) atoms. The van der Waals surface area contributed by atoms with Gasteiger partial charge in [0.05, 0.1) is 18.7 Å². The Balaban J connectivity index is 1.64. The van der Waals surface area contributed by atoms with Gasteiger partial charge in [-0.25, -0.2) is 4.79 Å². The third-order valence-corrected chi connectivity index (χ3v) is 6.20. The van der Waals surface area contributed by atoms with Crippen molar-refractivity contribution in [1.29, 1.82) is 5.41 Å². The fourth-order valence-electron chi connectivity index (χ4n) is 4.58. The Morgan fingerprint density at radius 2 is 1.92 bits per heavy atom. The Hall–Kier alpha value is -4.14.